The predicted molar refractivity (Wildman–Crippen MR) is 56.1 cm³/mol. The number of rotatable bonds is 6. The summed E-state index contributed by atoms with van der Waals surface area (Å²) in [4.78, 5) is 0. The number of nitrogens with zero attached hydrogens (tertiary/aromatic N) is 2. The zero-order chi connectivity index (χ0) is 10.4. The molecule has 1 atom stereocenters. The van der Waals surface area contributed by atoms with Crippen molar-refractivity contribution in [1.82, 2.24) is 15.1 Å². The van der Waals surface area contributed by atoms with Crippen LogP contribution in [0, 0.1) is 0 Å². The van der Waals surface area contributed by atoms with E-state index < -0.39 is 0 Å². The number of aromatic nitrogens is 2. The Morgan fingerprint density at radius 2 is 2.43 bits per heavy atom. The molecule has 0 radical (unpaired) electrons. The first-order valence-corrected chi connectivity index (χ1v) is 4.99. The smallest absolute Gasteiger partial charge is 0.0551 e. The Balaban J connectivity index is 2.62. The van der Waals surface area contributed by atoms with Gasteiger partial charge in [0.2, 0.25) is 0 Å². The molecule has 0 amide bonds. The van der Waals surface area contributed by atoms with Gasteiger partial charge in [0.05, 0.1) is 11.7 Å². The zero-order valence-corrected chi connectivity index (χ0v) is 9.16. The standard InChI is InChI=1S/C10H19N3O/c1-4-11-9(6-8-14-3)10-5-7-12-13(10)2/h5,7,9,11H,4,6,8H2,1-3H3. The van der Waals surface area contributed by atoms with E-state index in [2.05, 4.69) is 17.3 Å². The van der Waals surface area contributed by atoms with E-state index in [1.165, 1.54) is 5.69 Å². The van der Waals surface area contributed by atoms with Crippen molar-refractivity contribution in [3.63, 3.8) is 0 Å². The van der Waals surface area contributed by atoms with Crippen molar-refractivity contribution in [2.75, 3.05) is 20.3 Å². The van der Waals surface area contributed by atoms with Crippen molar-refractivity contribution in [2.45, 2.75) is 19.4 Å². The van der Waals surface area contributed by atoms with Crippen LogP contribution >= 0.6 is 0 Å². The number of methoxy groups -OCH3 is 1. The SMILES string of the molecule is CCNC(CCOC)c1ccnn1C. The fourth-order valence-electron chi connectivity index (χ4n) is 1.56. The van der Waals surface area contributed by atoms with Crippen LogP contribution in [0.3, 0.4) is 0 Å². The Kier molecular flexibility index (Phi) is 4.62. The molecule has 1 aromatic rings. The topological polar surface area (TPSA) is 39.1 Å². The summed E-state index contributed by atoms with van der Waals surface area (Å²) in [5.74, 6) is 0. The number of hydrogen-bond donors (Lipinski definition) is 1. The quantitative estimate of drug-likeness (QED) is 0.742. The molecule has 1 rings (SSSR count). The van der Waals surface area contributed by atoms with Crippen LogP contribution in [-0.2, 0) is 11.8 Å². The highest BCUT2D eigenvalue weighted by Gasteiger charge is 2.12. The van der Waals surface area contributed by atoms with E-state index in [-0.39, 0.29) is 0 Å². The highest BCUT2D eigenvalue weighted by atomic mass is 16.5. The van der Waals surface area contributed by atoms with Crippen LogP contribution in [0.25, 0.3) is 0 Å². The fourth-order valence-corrected chi connectivity index (χ4v) is 1.56. The van der Waals surface area contributed by atoms with E-state index in [0.29, 0.717) is 6.04 Å². The normalized spacial score (nSPS) is 13.1. The summed E-state index contributed by atoms with van der Waals surface area (Å²) < 4.78 is 6.99. The minimum atomic E-state index is 0.340. The van der Waals surface area contributed by atoms with Crippen molar-refractivity contribution in [1.29, 1.82) is 0 Å². The van der Waals surface area contributed by atoms with E-state index in [0.717, 1.165) is 19.6 Å². The lowest BCUT2D eigenvalue weighted by Crippen LogP contribution is -2.24. The minimum absolute atomic E-state index is 0.340. The molecule has 1 unspecified atom stereocenters. The van der Waals surface area contributed by atoms with Crippen molar-refractivity contribution >= 4 is 0 Å². The lowest BCUT2D eigenvalue weighted by atomic mass is 10.1. The maximum atomic E-state index is 5.09. The molecule has 1 heterocycles. The Morgan fingerprint density at radius 1 is 1.64 bits per heavy atom. The second-order valence-electron chi connectivity index (χ2n) is 3.27. The molecular formula is C10H19N3O. The van der Waals surface area contributed by atoms with Crippen molar-refractivity contribution in [3.8, 4) is 0 Å². The van der Waals surface area contributed by atoms with Crippen LogP contribution < -0.4 is 5.32 Å². The molecule has 0 bridgehead atoms. The van der Waals surface area contributed by atoms with E-state index >= 15 is 0 Å². The average Bonchev–Trinajstić information content (AvgIpc) is 2.59. The number of nitrogens with one attached hydrogen (secondary N) is 1. The van der Waals surface area contributed by atoms with Crippen LogP contribution in [-0.4, -0.2) is 30.0 Å². The molecule has 0 aliphatic carbocycles. The largest absolute Gasteiger partial charge is 0.385 e. The summed E-state index contributed by atoms with van der Waals surface area (Å²) in [5.41, 5.74) is 1.21. The van der Waals surface area contributed by atoms with E-state index in [1.807, 2.05) is 24.0 Å². The molecule has 0 aliphatic heterocycles. The van der Waals surface area contributed by atoms with Gasteiger partial charge < -0.3 is 10.1 Å². The van der Waals surface area contributed by atoms with Gasteiger partial charge in [-0.05, 0) is 19.0 Å². The van der Waals surface area contributed by atoms with Gasteiger partial charge in [0, 0.05) is 27.0 Å². The number of hydrogen-bond acceptors (Lipinski definition) is 3. The molecule has 0 aromatic carbocycles. The lowest BCUT2D eigenvalue weighted by molar-refractivity contribution is 0.182. The van der Waals surface area contributed by atoms with Gasteiger partial charge in [0.25, 0.3) is 0 Å². The Morgan fingerprint density at radius 3 is 2.93 bits per heavy atom. The van der Waals surface area contributed by atoms with Crippen molar-refractivity contribution in [2.24, 2.45) is 7.05 Å². The first-order chi connectivity index (χ1) is 6.79. The first kappa shape index (κ1) is 11.2. The van der Waals surface area contributed by atoms with Gasteiger partial charge in [0.15, 0.2) is 0 Å². The highest BCUT2D eigenvalue weighted by molar-refractivity contribution is 5.06. The summed E-state index contributed by atoms with van der Waals surface area (Å²) in [6.07, 6.45) is 2.80. The molecular weight excluding hydrogens is 178 g/mol. The predicted octanol–water partition coefficient (Wildman–Crippen LogP) is 1.11. The molecule has 0 saturated heterocycles. The van der Waals surface area contributed by atoms with Gasteiger partial charge in [0.1, 0.15) is 0 Å². The maximum absolute atomic E-state index is 5.09. The Labute approximate surface area is 85.3 Å². The second-order valence-corrected chi connectivity index (χ2v) is 3.27. The monoisotopic (exact) mass is 197 g/mol. The summed E-state index contributed by atoms with van der Waals surface area (Å²) >= 11 is 0. The molecule has 0 fully saturated rings. The highest BCUT2D eigenvalue weighted by Crippen LogP contribution is 2.15. The van der Waals surface area contributed by atoms with Crippen LogP contribution in [0.15, 0.2) is 12.3 Å². The summed E-state index contributed by atoms with van der Waals surface area (Å²) in [6.45, 7) is 3.83. The maximum Gasteiger partial charge on any atom is 0.0551 e. The second kappa shape index (κ2) is 5.78. The molecule has 14 heavy (non-hydrogen) atoms. The molecule has 4 heteroatoms. The molecule has 80 valence electrons. The van der Waals surface area contributed by atoms with Crippen molar-refractivity contribution < 1.29 is 4.74 Å². The minimum Gasteiger partial charge on any atom is -0.385 e. The van der Waals surface area contributed by atoms with Crippen LogP contribution in [0.1, 0.15) is 25.1 Å². The molecule has 4 nitrogen and oxygen atoms in total. The van der Waals surface area contributed by atoms with Gasteiger partial charge in [-0.2, -0.15) is 5.10 Å². The third-order valence-electron chi connectivity index (χ3n) is 2.28. The molecule has 1 aromatic heterocycles. The summed E-state index contributed by atoms with van der Waals surface area (Å²) in [5, 5.41) is 7.58. The third-order valence-corrected chi connectivity index (χ3v) is 2.28. The molecule has 0 aliphatic rings. The van der Waals surface area contributed by atoms with Gasteiger partial charge in [-0.3, -0.25) is 4.68 Å². The average molecular weight is 197 g/mol. The van der Waals surface area contributed by atoms with Crippen LogP contribution in [0.5, 0.6) is 0 Å². The Bertz CT molecular complexity index is 260. The summed E-state index contributed by atoms with van der Waals surface area (Å²) in [6, 6.07) is 2.38. The van der Waals surface area contributed by atoms with Gasteiger partial charge in [-0.1, -0.05) is 6.92 Å². The lowest BCUT2D eigenvalue weighted by Gasteiger charge is -2.17. The van der Waals surface area contributed by atoms with Gasteiger partial charge >= 0.3 is 0 Å². The molecule has 0 spiro atoms. The van der Waals surface area contributed by atoms with Gasteiger partial charge in [-0.15, -0.1) is 0 Å². The molecule has 1 N–H and O–H groups in total. The zero-order valence-electron chi connectivity index (χ0n) is 9.16. The van der Waals surface area contributed by atoms with Crippen LogP contribution in [0.2, 0.25) is 0 Å². The van der Waals surface area contributed by atoms with E-state index in [1.54, 1.807) is 7.11 Å². The first-order valence-electron chi connectivity index (χ1n) is 4.99. The number of ether oxygens (including phenoxy) is 1. The Hall–Kier alpha value is -0.870. The fraction of sp³-hybridized carbons (Fsp3) is 0.700. The number of aryl methyl sites for hydroxylation is 1. The van der Waals surface area contributed by atoms with Gasteiger partial charge in [-0.25, -0.2) is 0 Å². The van der Waals surface area contributed by atoms with Crippen molar-refractivity contribution in [3.05, 3.63) is 18.0 Å². The molecule has 0 saturated carbocycles. The van der Waals surface area contributed by atoms with E-state index in [9.17, 15) is 0 Å². The third kappa shape index (κ3) is 2.82. The van der Waals surface area contributed by atoms with Crippen LogP contribution in [0.4, 0.5) is 0 Å². The van der Waals surface area contributed by atoms with E-state index in [4.69, 9.17) is 4.74 Å². The summed E-state index contributed by atoms with van der Waals surface area (Å²) in [7, 11) is 3.69.